The highest BCUT2D eigenvalue weighted by atomic mass is 32.2. The zero-order valence-electron chi connectivity index (χ0n) is 17.5. The van der Waals surface area contributed by atoms with Crippen LogP contribution in [-0.4, -0.2) is 31.8 Å². The summed E-state index contributed by atoms with van der Waals surface area (Å²) in [5.41, 5.74) is 4.33. The third-order valence-electron chi connectivity index (χ3n) is 4.86. The van der Waals surface area contributed by atoms with E-state index in [2.05, 4.69) is 20.5 Å². The van der Waals surface area contributed by atoms with Crippen molar-refractivity contribution in [2.75, 3.05) is 11.1 Å². The van der Waals surface area contributed by atoms with E-state index in [4.69, 9.17) is 4.98 Å². The van der Waals surface area contributed by atoms with E-state index in [9.17, 15) is 4.79 Å². The average Bonchev–Trinajstić information content (AvgIpc) is 3.27. The van der Waals surface area contributed by atoms with Gasteiger partial charge in [-0.1, -0.05) is 95.9 Å². The lowest BCUT2D eigenvalue weighted by molar-refractivity contribution is -0.115. The van der Waals surface area contributed by atoms with E-state index in [-0.39, 0.29) is 5.91 Å². The van der Waals surface area contributed by atoms with Gasteiger partial charge >= 0.3 is 0 Å². The highest BCUT2D eigenvalue weighted by Gasteiger charge is 2.14. The third-order valence-corrected chi connectivity index (χ3v) is 6.65. The van der Waals surface area contributed by atoms with Gasteiger partial charge in [-0.05, 0) is 12.1 Å². The monoisotopic (exact) mass is 469 g/mol. The van der Waals surface area contributed by atoms with Gasteiger partial charge in [-0.2, -0.15) is 0 Å². The van der Waals surface area contributed by atoms with Crippen molar-refractivity contribution in [1.82, 2.24) is 20.2 Å². The van der Waals surface area contributed by atoms with E-state index in [0.29, 0.717) is 22.5 Å². The molecule has 1 N–H and O–H groups in total. The first-order valence-electron chi connectivity index (χ1n) is 10.4. The summed E-state index contributed by atoms with van der Waals surface area (Å²) in [6.45, 7) is 0. The fourth-order valence-corrected chi connectivity index (χ4v) is 4.91. The lowest BCUT2D eigenvalue weighted by atomic mass is 10.0. The van der Waals surface area contributed by atoms with E-state index in [1.54, 1.807) is 0 Å². The summed E-state index contributed by atoms with van der Waals surface area (Å²) in [6.07, 6.45) is 0.324. The molecule has 5 aromatic rings. The number of nitrogens with one attached hydrogen (secondary N) is 1. The summed E-state index contributed by atoms with van der Waals surface area (Å²) >= 11 is 2.88. The molecule has 0 radical (unpaired) electrons. The summed E-state index contributed by atoms with van der Waals surface area (Å²) in [6, 6.07) is 27.7. The third kappa shape index (κ3) is 5.08. The number of aromatic nitrogens is 4. The molecule has 162 valence electrons. The lowest BCUT2D eigenvalue weighted by Crippen LogP contribution is -2.12. The second kappa shape index (κ2) is 9.89. The van der Waals surface area contributed by atoms with Crippen molar-refractivity contribution >= 4 is 44.4 Å². The zero-order chi connectivity index (χ0) is 22.5. The molecule has 6 nitrogen and oxygen atoms in total. The number of anilines is 1. The Labute approximate surface area is 199 Å². The molecule has 8 heteroatoms. The fraction of sp³-hybridized carbons (Fsp3) is 0.0800. The molecule has 0 bridgehead atoms. The molecule has 2 aromatic heterocycles. The SMILES string of the molecule is O=C(CCSc1nnc(-c2ccccc2)c(-c2ccccc2)n1)Nc1nc2ccccc2s1. The van der Waals surface area contributed by atoms with Crippen molar-refractivity contribution in [1.29, 1.82) is 0 Å². The van der Waals surface area contributed by atoms with E-state index in [1.165, 1.54) is 23.1 Å². The van der Waals surface area contributed by atoms with Crippen molar-refractivity contribution in [3.8, 4) is 22.5 Å². The number of hydrogen-bond acceptors (Lipinski definition) is 7. The molecule has 0 aliphatic heterocycles. The largest absolute Gasteiger partial charge is 0.302 e. The van der Waals surface area contributed by atoms with Crippen LogP contribution < -0.4 is 5.32 Å². The predicted molar refractivity (Wildman–Crippen MR) is 134 cm³/mol. The van der Waals surface area contributed by atoms with Crippen LogP contribution in [0.4, 0.5) is 5.13 Å². The first-order valence-corrected chi connectivity index (χ1v) is 12.2. The van der Waals surface area contributed by atoms with Crippen LogP contribution in [0.15, 0.2) is 90.1 Å². The summed E-state index contributed by atoms with van der Waals surface area (Å²) in [4.78, 5) is 21.6. The van der Waals surface area contributed by atoms with Crippen LogP contribution in [0.3, 0.4) is 0 Å². The Balaban J connectivity index is 1.28. The smallest absolute Gasteiger partial charge is 0.226 e. The number of amides is 1. The molecule has 2 heterocycles. The van der Waals surface area contributed by atoms with Crippen molar-refractivity contribution in [2.45, 2.75) is 11.6 Å². The Morgan fingerprint density at radius 1 is 0.788 bits per heavy atom. The number of benzene rings is 3. The van der Waals surface area contributed by atoms with E-state index < -0.39 is 0 Å². The molecule has 0 saturated carbocycles. The molecule has 0 fully saturated rings. The number of nitrogens with zero attached hydrogens (tertiary/aromatic N) is 4. The Kier molecular flexibility index (Phi) is 6.37. The molecule has 1 amide bonds. The van der Waals surface area contributed by atoms with Gasteiger partial charge in [0, 0.05) is 23.3 Å². The number of fused-ring (bicyclic) bond motifs is 1. The molecule has 0 aliphatic carbocycles. The van der Waals surface area contributed by atoms with Crippen LogP contribution in [0.1, 0.15) is 6.42 Å². The number of rotatable bonds is 7. The summed E-state index contributed by atoms with van der Waals surface area (Å²) in [5.74, 6) is 0.454. The van der Waals surface area contributed by atoms with Crippen molar-refractivity contribution in [2.24, 2.45) is 0 Å². The summed E-state index contributed by atoms with van der Waals surface area (Å²) in [7, 11) is 0. The molecule has 33 heavy (non-hydrogen) atoms. The molecular formula is C25H19N5OS2. The van der Waals surface area contributed by atoms with E-state index >= 15 is 0 Å². The van der Waals surface area contributed by atoms with Crippen LogP contribution in [0.5, 0.6) is 0 Å². The number of carbonyl (C=O) groups is 1. The average molecular weight is 470 g/mol. The maximum absolute atomic E-state index is 12.4. The van der Waals surface area contributed by atoms with Gasteiger partial charge < -0.3 is 5.32 Å². The summed E-state index contributed by atoms with van der Waals surface area (Å²) in [5, 5.41) is 12.8. The summed E-state index contributed by atoms with van der Waals surface area (Å²) < 4.78 is 1.05. The number of hydrogen-bond donors (Lipinski definition) is 1. The number of thioether (sulfide) groups is 1. The van der Waals surface area contributed by atoms with Crippen LogP contribution >= 0.6 is 23.1 Å². The highest BCUT2D eigenvalue weighted by molar-refractivity contribution is 7.99. The molecule has 0 unspecified atom stereocenters. The molecule has 0 aliphatic rings. The van der Waals surface area contributed by atoms with Crippen molar-refractivity contribution in [3.05, 3.63) is 84.9 Å². The van der Waals surface area contributed by atoms with Crippen molar-refractivity contribution in [3.63, 3.8) is 0 Å². The molecular weight excluding hydrogens is 450 g/mol. The standard InChI is InChI=1S/C25H19N5OS2/c31-21(27-24-26-19-13-7-8-14-20(19)33-24)15-16-32-25-28-22(17-9-3-1-4-10-17)23(29-30-25)18-11-5-2-6-12-18/h1-14H,15-16H2,(H,26,27,31). The van der Waals surface area contributed by atoms with Crippen LogP contribution in [0, 0.1) is 0 Å². The number of carbonyl (C=O) groups excluding carboxylic acids is 1. The Morgan fingerprint density at radius 3 is 2.18 bits per heavy atom. The zero-order valence-corrected chi connectivity index (χ0v) is 19.1. The van der Waals surface area contributed by atoms with Gasteiger partial charge in [-0.3, -0.25) is 4.79 Å². The van der Waals surface area contributed by atoms with Crippen molar-refractivity contribution < 1.29 is 4.79 Å². The first-order chi connectivity index (χ1) is 16.3. The van der Waals surface area contributed by atoms with E-state index in [1.807, 2.05) is 84.9 Å². The van der Waals surface area contributed by atoms with Gasteiger partial charge in [-0.15, -0.1) is 10.2 Å². The molecule has 0 spiro atoms. The topological polar surface area (TPSA) is 80.7 Å². The normalized spacial score (nSPS) is 10.9. The molecule has 5 rings (SSSR count). The van der Waals surface area contributed by atoms with Crippen LogP contribution in [0.2, 0.25) is 0 Å². The second-order valence-corrected chi connectivity index (χ2v) is 9.25. The Morgan fingerprint density at radius 2 is 1.45 bits per heavy atom. The molecule has 0 atom stereocenters. The molecule has 0 saturated heterocycles. The van der Waals surface area contributed by atoms with Gasteiger partial charge in [0.2, 0.25) is 11.1 Å². The van der Waals surface area contributed by atoms with Gasteiger partial charge in [0.15, 0.2) is 5.13 Å². The minimum Gasteiger partial charge on any atom is -0.302 e. The quantitative estimate of drug-likeness (QED) is 0.297. The van der Waals surface area contributed by atoms with E-state index in [0.717, 1.165) is 32.7 Å². The number of thiazole rings is 1. The molecule has 3 aromatic carbocycles. The predicted octanol–water partition coefficient (Wildman–Crippen LogP) is 5.94. The minimum atomic E-state index is -0.0845. The van der Waals surface area contributed by atoms with Crippen LogP contribution in [-0.2, 0) is 4.79 Å². The van der Waals surface area contributed by atoms with Gasteiger partial charge in [-0.25, -0.2) is 9.97 Å². The van der Waals surface area contributed by atoms with Gasteiger partial charge in [0.1, 0.15) is 11.4 Å². The maximum Gasteiger partial charge on any atom is 0.226 e. The Bertz CT molecular complexity index is 1360. The van der Waals surface area contributed by atoms with Gasteiger partial charge in [0.05, 0.1) is 10.2 Å². The number of para-hydroxylation sites is 1. The van der Waals surface area contributed by atoms with Crippen LogP contribution in [0.25, 0.3) is 32.7 Å². The maximum atomic E-state index is 12.4. The second-order valence-electron chi connectivity index (χ2n) is 7.16. The minimum absolute atomic E-state index is 0.0845. The van der Waals surface area contributed by atoms with Gasteiger partial charge in [0.25, 0.3) is 0 Å². The Hall–Kier alpha value is -3.62. The highest BCUT2D eigenvalue weighted by Crippen LogP contribution is 2.30. The first kappa shape index (κ1) is 21.2. The fourth-order valence-electron chi connectivity index (χ4n) is 3.30. The lowest BCUT2D eigenvalue weighted by Gasteiger charge is -2.09.